The number of ether oxygens (including phenoxy) is 2. The Morgan fingerprint density at radius 2 is 1.85 bits per heavy atom. The molecule has 2 heterocycles. The van der Waals surface area contributed by atoms with E-state index in [4.69, 9.17) is 18.9 Å². The van der Waals surface area contributed by atoms with Crippen LogP contribution in [0.4, 0.5) is 0 Å². The maximum absolute atomic E-state index is 13.4. The largest absolute Gasteiger partial charge is 0.484 e. The molecule has 0 saturated carbocycles. The number of rotatable bonds is 10. The quantitative estimate of drug-likeness (QED) is 0.357. The number of nitrogens with zero attached hydrogens (tertiary/aromatic N) is 3. The van der Waals surface area contributed by atoms with Gasteiger partial charge in [-0.05, 0) is 43.3 Å². The van der Waals surface area contributed by atoms with Gasteiger partial charge in [0.25, 0.3) is 11.5 Å². The van der Waals surface area contributed by atoms with E-state index in [0.717, 1.165) is 0 Å². The highest BCUT2D eigenvalue weighted by Crippen LogP contribution is 2.23. The van der Waals surface area contributed by atoms with Crippen molar-refractivity contribution in [1.82, 2.24) is 14.5 Å². The van der Waals surface area contributed by atoms with Gasteiger partial charge in [0.05, 0.1) is 42.9 Å². The molecule has 0 radical (unpaired) electrons. The molecule has 0 aliphatic heterocycles. The zero-order chi connectivity index (χ0) is 23.9. The second kappa shape index (κ2) is 10.8. The van der Waals surface area contributed by atoms with E-state index in [0.29, 0.717) is 41.4 Å². The minimum Gasteiger partial charge on any atom is -0.484 e. The van der Waals surface area contributed by atoms with Crippen LogP contribution in [0.2, 0.25) is 0 Å². The van der Waals surface area contributed by atoms with E-state index < -0.39 is 6.04 Å². The van der Waals surface area contributed by atoms with Crippen molar-refractivity contribution in [2.24, 2.45) is 0 Å². The first kappa shape index (κ1) is 23.3. The molecule has 0 saturated heterocycles. The average Bonchev–Trinajstić information content (AvgIpc) is 3.39. The minimum absolute atomic E-state index is 0.162. The van der Waals surface area contributed by atoms with Gasteiger partial charge in [0.1, 0.15) is 17.3 Å². The maximum atomic E-state index is 13.4. The predicted octanol–water partition coefficient (Wildman–Crippen LogP) is 3.80. The molecule has 0 aliphatic rings. The summed E-state index contributed by atoms with van der Waals surface area (Å²) in [5.74, 6) is 1.43. The number of furan rings is 1. The van der Waals surface area contributed by atoms with Gasteiger partial charge in [0.2, 0.25) is 0 Å². The number of para-hydroxylation sites is 2. The number of carbonyl (C=O) groups is 1. The summed E-state index contributed by atoms with van der Waals surface area (Å²) in [6.45, 7) is 2.55. The van der Waals surface area contributed by atoms with E-state index >= 15 is 0 Å². The van der Waals surface area contributed by atoms with Gasteiger partial charge in [-0.15, -0.1) is 0 Å². The van der Waals surface area contributed by atoms with Crippen molar-refractivity contribution < 1.29 is 18.7 Å². The van der Waals surface area contributed by atoms with E-state index in [1.807, 2.05) is 37.3 Å². The fourth-order valence-electron chi connectivity index (χ4n) is 3.80. The summed E-state index contributed by atoms with van der Waals surface area (Å²) < 4.78 is 18.0. The number of amides is 1. The molecular formula is C26H27N3O5. The maximum Gasteiger partial charge on any atom is 0.261 e. The highest BCUT2D eigenvalue weighted by Gasteiger charge is 2.27. The van der Waals surface area contributed by atoms with Crippen LogP contribution in [0, 0.1) is 0 Å². The molecule has 4 rings (SSSR count). The Morgan fingerprint density at radius 3 is 2.59 bits per heavy atom. The summed E-state index contributed by atoms with van der Waals surface area (Å²) >= 11 is 0. The van der Waals surface area contributed by atoms with Crippen molar-refractivity contribution >= 4 is 16.8 Å². The first-order valence-corrected chi connectivity index (χ1v) is 11.1. The second-order valence-electron chi connectivity index (χ2n) is 7.82. The molecule has 0 N–H and O–H groups in total. The van der Waals surface area contributed by atoms with Crippen molar-refractivity contribution in [2.45, 2.75) is 26.1 Å². The lowest BCUT2D eigenvalue weighted by molar-refractivity contribution is -0.136. The average molecular weight is 462 g/mol. The summed E-state index contributed by atoms with van der Waals surface area (Å²) in [6, 6.07) is 19.4. The Bertz CT molecular complexity index is 1290. The van der Waals surface area contributed by atoms with Gasteiger partial charge < -0.3 is 18.8 Å². The highest BCUT2D eigenvalue weighted by molar-refractivity contribution is 5.79. The third-order valence-corrected chi connectivity index (χ3v) is 5.58. The molecule has 8 heteroatoms. The molecule has 1 atom stereocenters. The third kappa shape index (κ3) is 5.18. The van der Waals surface area contributed by atoms with Crippen LogP contribution in [-0.2, 0) is 22.6 Å². The van der Waals surface area contributed by atoms with E-state index in [9.17, 15) is 9.59 Å². The molecular weight excluding hydrogens is 434 g/mol. The molecule has 2 aromatic carbocycles. The summed E-state index contributed by atoms with van der Waals surface area (Å²) in [5, 5.41) is 0.519. The van der Waals surface area contributed by atoms with Gasteiger partial charge >= 0.3 is 0 Å². The number of benzene rings is 2. The van der Waals surface area contributed by atoms with Crippen LogP contribution in [0.5, 0.6) is 5.75 Å². The standard InChI is InChI=1S/C26H27N3O5/c1-19(25-27-23-13-7-6-12-22(23)26(31)28(25)14-16-32-2)29(17-21-11-8-15-33-21)24(30)18-34-20-9-4-3-5-10-20/h3-13,15,19H,14,16-18H2,1-2H3. The van der Waals surface area contributed by atoms with E-state index in [1.54, 1.807) is 59.2 Å². The number of carbonyl (C=O) groups excluding carboxylic acids is 1. The van der Waals surface area contributed by atoms with Crippen LogP contribution in [0.25, 0.3) is 10.9 Å². The van der Waals surface area contributed by atoms with E-state index in [2.05, 4.69) is 0 Å². The molecule has 0 spiro atoms. The number of fused-ring (bicyclic) bond motifs is 1. The second-order valence-corrected chi connectivity index (χ2v) is 7.82. The van der Waals surface area contributed by atoms with E-state index in [-0.39, 0.29) is 24.6 Å². The Balaban J connectivity index is 1.70. The molecule has 0 aliphatic carbocycles. The zero-order valence-corrected chi connectivity index (χ0v) is 19.2. The van der Waals surface area contributed by atoms with Crippen LogP contribution in [-0.4, -0.2) is 40.7 Å². The fourth-order valence-corrected chi connectivity index (χ4v) is 3.80. The summed E-state index contributed by atoms with van der Waals surface area (Å²) in [4.78, 5) is 33.0. The lowest BCUT2D eigenvalue weighted by Crippen LogP contribution is -2.40. The van der Waals surface area contributed by atoms with Crippen molar-refractivity contribution in [3.8, 4) is 5.75 Å². The fraction of sp³-hybridized carbons (Fsp3) is 0.269. The van der Waals surface area contributed by atoms with Gasteiger partial charge in [-0.3, -0.25) is 14.2 Å². The number of hydrogen-bond donors (Lipinski definition) is 0. The summed E-state index contributed by atoms with van der Waals surface area (Å²) in [7, 11) is 1.58. The van der Waals surface area contributed by atoms with Crippen molar-refractivity contribution in [3.63, 3.8) is 0 Å². The normalized spacial score (nSPS) is 11.9. The number of hydrogen-bond acceptors (Lipinski definition) is 6. The lowest BCUT2D eigenvalue weighted by atomic mass is 10.2. The summed E-state index contributed by atoms with van der Waals surface area (Å²) in [6.07, 6.45) is 1.56. The van der Waals surface area contributed by atoms with Gasteiger partial charge in [0, 0.05) is 7.11 Å². The molecule has 4 aromatic rings. The molecule has 0 bridgehead atoms. The molecule has 176 valence electrons. The van der Waals surface area contributed by atoms with Crippen LogP contribution < -0.4 is 10.3 Å². The van der Waals surface area contributed by atoms with Crippen molar-refractivity contribution in [1.29, 1.82) is 0 Å². The van der Waals surface area contributed by atoms with Crippen LogP contribution in [0.3, 0.4) is 0 Å². The van der Waals surface area contributed by atoms with Crippen LogP contribution >= 0.6 is 0 Å². The number of methoxy groups -OCH3 is 1. The van der Waals surface area contributed by atoms with Gasteiger partial charge in [0.15, 0.2) is 6.61 Å². The first-order valence-electron chi connectivity index (χ1n) is 11.1. The molecule has 1 unspecified atom stereocenters. The van der Waals surface area contributed by atoms with Gasteiger partial charge in [-0.1, -0.05) is 30.3 Å². The Morgan fingerprint density at radius 1 is 1.09 bits per heavy atom. The van der Waals surface area contributed by atoms with Crippen molar-refractivity contribution in [2.75, 3.05) is 20.3 Å². The van der Waals surface area contributed by atoms with Crippen molar-refractivity contribution in [3.05, 3.63) is 94.9 Å². The Kier molecular flexibility index (Phi) is 7.39. The molecule has 1 amide bonds. The van der Waals surface area contributed by atoms with E-state index in [1.165, 1.54) is 0 Å². The predicted molar refractivity (Wildman–Crippen MR) is 127 cm³/mol. The SMILES string of the molecule is COCCn1c(C(C)N(Cc2ccco2)C(=O)COc2ccccc2)nc2ccccc2c1=O. The molecule has 2 aromatic heterocycles. The Labute approximate surface area is 197 Å². The number of aromatic nitrogens is 2. The first-order chi connectivity index (χ1) is 16.6. The minimum atomic E-state index is -0.536. The monoisotopic (exact) mass is 461 g/mol. The Hall–Kier alpha value is -3.91. The van der Waals surface area contributed by atoms with Crippen LogP contribution in [0.1, 0.15) is 24.6 Å². The summed E-state index contributed by atoms with van der Waals surface area (Å²) in [5.41, 5.74) is 0.407. The smallest absolute Gasteiger partial charge is 0.261 e. The van der Waals surface area contributed by atoms with Crippen LogP contribution in [0.15, 0.2) is 82.2 Å². The molecule has 0 fully saturated rings. The van der Waals surface area contributed by atoms with Gasteiger partial charge in [-0.2, -0.15) is 0 Å². The highest BCUT2D eigenvalue weighted by atomic mass is 16.5. The van der Waals surface area contributed by atoms with Gasteiger partial charge in [-0.25, -0.2) is 4.98 Å². The lowest BCUT2D eigenvalue weighted by Gasteiger charge is -2.30. The molecule has 8 nitrogen and oxygen atoms in total. The third-order valence-electron chi connectivity index (χ3n) is 5.58. The zero-order valence-electron chi connectivity index (χ0n) is 19.2. The topological polar surface area (TPSA) is 86.8 Å². The molecule has 34 heavy (non-hydrogen) atoms.